The maximum absolute atomic E-state index is 13.6. The molecule has 3 heterocycles. The highest BCUT2D eigenvalue weighted by Gasteiger charge is 2.33. The minimum atomic E-state index is -0.0317. The van der Waals surface area contributed by atoms with Gasteiger partial charge < -0.3 is 19.6 Å². The first-order valence-electron chi connectivity index (χ1n) is 12.7. The van der Waals surface area contributed by atoms with Gasteiger partial charge in [-0.2, -0.15) is 5.10 Å². The summed E-state index contributed by atoms with van der Waals surface area (Å²) in [6, 6.07) is 18.0. The van der Waals surface area contributed by atoms with E-state index < -0.39 is 0 Å². The smallest absolute Gasteiger partial charge is 0.274 e. The van der Waals surface area contributed by atoms with Crippen molar-refractivity contribution in [3.63, 3.8) is 0 Å². The summed E-state index contributed by atoms with van der Waals surface area (Å²) in [4.78, 5) is 35.0. The largest absolute Gasteiger partial charge is 0.378 e. The van der Waals surface area contributed by atoms with E-state index in [-0.39, 0.29) is 11.8 Å². The van der Waals surface area contributed by atoms with E-state index in [1.54, 1.807) is 0 Å². The topological polar surface area (TPSA) is 64.9 Å². The molecule has 1 aromatic heterocycles. The Labute approximate surface area is 212 Å². The highest BCUT2D eigenvalue weighted by molar-refractivity contribution is 5.96. The second-order valence-electron chi connectivity index (χ2n) is 9.62. The third-order valence-corrected chi connectivity index (χ3v) is 7.24. The van der Waals surface area contributed by atoms with Gasteiger partial charge in [0.2, 0.25) is 0 Å². The molecule has 1 saturated heterocycles. The molecule has 0 N–H and O–H groups in total. The zero-order valence-corrected chi connectivity index (χ0v) is 21.4. The van der Waals surface area contributed by atoms with Crippen LogP contribution in [0.2, 0.25) is 0 Å². The number of carbonyl (C=O) groups excluding carboxylic acids is 2. The van der Waals surface area contributed by atoms with E-state index in [1.807, 2.05) is 82.9 Å². The van der Waals surface area contributed by atoms with E-state index in [0.29, 0.717) is 50.4 Å². The Morgan fingerprint density at radius 2 is 1.56 bits per heavy atom. The van der Waals surface area contributed by atoms with Gasteiger partial charge in [0.1, 0.15) is 0 Å². The number of aryl methyl sites for hydroxylation is 1. The number of amides is 2. The van der Waals surface area contributed by atoms with Crippen LogP contribution >= 0.6 is 0 Å². The zero-order valence-electron chi connectivity index (χ0n) is 21.4. The van der Waals surface area contributed by atoms with Crippen molar-refractivity contribution in [1.82, 2.24) is 19.6 Å². The van der Waals surface area contributed by atoms with Crippen LogP contribution < -0.4 is 9.80 Å². The van der Waals surface area contributed by atoms with E-state index in [9.17, 15) is 9.59 Å². The van der Waals surface area contributed by atoms with Gasteiger partial charge in [-0.25, -0.2) is 0 Å². The summed E-state index contributed by atoms with van der Waals surface area (Å²) in [5.74, 6) is -0.0409. The zero-order chi connectivity index (χ0) is 25.2. The summed E-state index contributed by atoms with van der Waals surface area (Å²) >= 11 is 0. The van der Waals surface area contributed by atoms with Crippen LogP contribution in [0.25, 0.3) is 0 Å². The van der Waals surface area contributed by atoms with E-state index in [2.05, 4.69) is 17.0 Å². The van der Waals surface area contributed by atoms with Crippen molar-refractivity contribution in [2.24, 2.45) is 0 Å². The lowest BCUT2D eigenvalue weighted by molar-refractivity contribution is 0.0709. The normalized spacial score (nSPS) is 15.6. The van der Waals surface area contributed by atoms with Crippen molar-refractivity contribution in [3.8, 4) is 0 Å². The molecule has 188 valence electrons. The number of anilines is 2. The number of rotatable bonds is 5. The molecule has 2 aliphatic heterocycles. The van der Waals surface area contributed by atoms with E-state index in [1.165, 1.54) is 5.69 Å². The van der Waals surface area contributed by atoms with Crippen LogP contribution in [0.5, 0.6) is 0 Å². The second-order valence-corrected chi connectivity index (χ2v) is 9.62. The van der Waals surface area contributed by atoms with Crippen molar-refractivity contribution in [2.75, 3.05) is 56.6 Å². The van der Waals surface area contributed by atoms with E-state index in [4.69, 9.17) is 5.10 Å². The third kappa shape index (κ3) is 4.55. The van der Waals surface area contributed by atoms with Crippen molar-refractivity contribution >= 4 is 23.2 Å². The predicted octanol–water partition coefficient (Wildman–Crippen LogP) is 3.13. The molecule has 0 bridgehead atoms. The summed E-state index contributed by atoms with van der Waals surface area (Å²) in [6.07, 6.45) is 0.701. The molecular formula is C28H34N6O2. The number of para-hydroxylation sites is 1. The molecule has 0 atom stereocenters. The SMILES string of the molecule is CCn1nc(C(=O)N2CCN(c3ccccc3)CC2)c2c1CCN(C(=O)c1ccc(N(C)C)cc1)C2. The summed E-state index contributed by atoms with van der Waals surface area (Å²) in [5, 5.41) is 4.73. The first kappa shape index (κ1) is 23.9. The second kappa shape index (κ2) is 10.0. The Morgan fingerprint density at radius 1 is 0.861 bits per heavy atom. The number of carbonyl (C=O) groups is 2. The van der Waals surface area contributed by atoms with Gasteiger partial charge in [0.25, 0.3) is 11.8 Å². The molecule has 36 heavy (non-hydrogen) atoms. The Hall–Kier alpha value is -3.81. The summed E-state index contributed by atoms with van der Waals surface area (Å²) in [6.45, 7) is 6.68. The Kier molecular flexibility index (Phi) is 6.67. The molecule has 0 unspecified atom stereocenters. The lowest BCUT2D eigenvalue weighted by Gasteiger charge is -2.36. The van der Waals surface area contributed by atoms with E-state index in [0.717, 1.165) is 30.0 Å². The lowest BCUT2D eigenvalue weighted by Crippen LogP contribution is -2.49. The number of hydrogen-bond acceptors (Lipinski definition) is 5. The highest BCUT2D eigenvalue weighted by atomic mass is 16.2. The standard InChI is InChI=1S/C28H34N6O2/c1-4-34-25-14-15-33(27(35)21-10-12-22(13-11-21)30(2)3)20-24(25)26(29-34)28(36)32-18-16-31(17-19-32)23-8-6-5-7-9-23/h5-13H,4,14-20H2,1-3H3. The maximum Gasteiger partial charge on any atom is 0.274 e. The molecule has 8 nitrogen and oxygen atoms in total. The molecule has 3 aromatic rings. The summed E-state index contributed by atoms with van der Waals surface area (Å²) in [5.41, 5.74) is 5.38. The van der Waals surface area contributed by atoms with Gasteiger partial charge in [0, 0.05) is 88.0 Å². The molecule has 8 heteroatoms. The lowest BCUT2D eigenvalue weighted by atomic mass is 10.0. The first-order valence-corrected chi connectivity index (χ1v) is 12.7. The maximum atomic E-state index is 13.6. The Morgan fingerprint density at radius 3 is 2.19 bits per heavy atom. The molecule has 5 rings (SSSR count). The number of piperazine rings is 1. The van der Waals surface area contributed by atoms with Crippen molar-refractivity contribution < 1.29 is 9.59 Å². The Balaban J connectivity index is 1.32. The van der Waals surface area contributed by atoms with Crippen LogP contribution in [0.15, 0.2) is 54.6 Å². The number of hydrogen-bond donors (Lipinski definition) is 0. The van der Waals surface area contributed by atoms with Gasteiger partial charge in [0.15, 0.2) is 5.69 Å². The first-order chi connectivity index (χ1) is 17.5. The number of nitrogens with zero attached hydrogens (tertiary/aromatic N) is 6. The van der Waals surface area contributed by atoms with Crippen molar-refractivity contribution in [3.05, 3.63) is 77.1 Å². The fourth-order valence-electron chi connectivity index (χ4n) is 5.14. The molecular weight excluding hydrogens is 452 g/mol. The van der Waals surface area contributed by atoms with Crippen LogP contribution in [0, 0.1) is 0 Å². The van der Waals surface area contributed by atoms with E-state index >= 15 is 0 Å². The van der Waals surface area contributed by atoms with Gasteiger partial charge in [-0.1, -0.05) is 18.2 Å². The fraction of sp³-hybridized carbons (Fsp3) is 0.393. The molecule has 0 spiro atoms. The van der Waals surface area contributed by atoms with Gasteiger partial charge in [-0.3, -0.25) is 14.3 Å². The van der Waals surface area contributed by atoms with Crippen LogP contribution in [-0.4, -0.2) is 78.2 Å². The monoisotopic (exact) mass is 486 g/mol. The molecule has 0 aliphatic carbocycles. The third-order valence-electron chi connectivity index (χ3n) is 7.24. The highest BCUT2D eigenvalue weighted by Crippen LogP contribution is 2.26. The summed E-state index contributed by atoms with van der Waals surface area (Å²) in [7, 11) is 3.96. The predicted molar refractivity (Wildman–Crippen MR) is 142 cm³/mol. The van der Waals surface area contributed by atoms with Gasteiger partial charge in [-0.05, 0) is 43.3 Å². The van der Waals surface area contributed by atoms with Crippen molar-refractivity contribution in [2.45, 2.75) is 26.4 Å². The molecule has 2 aliphatic rings. The molecule has 0 saturated carbocycles. The van der Waals surface area contributed by atoms with Crippen molar-refractivity contribution in [1.29, 1.82) is 0 Å². The molecule has 0 radical (unpaired) electrons. The minimum Gasteiger partial charge on any atom is -0.378 e. The number of benzene rings is 2. The molecule has 2 amide bonds. The van der Waals surface area contributed by atoms with Gasteiger partial charge >= 0.3 is 0 Å². The van der Waals surface area contributed by atoms with Crippen LogP contribution in [0.1, 0.15) is 39.0 Å². The Bertz CT molecular complexity index is 1230. The summed E-state index contributed by atoms with van der Waals surface area (Å²) < 4.78 is 1.94. The fourth-order valence-corrected chi connectivity index (χ4v) is 5.14. The number of fused-ring (bicyclic) bond motifs is 1. The average Bonchev–Trinajstić information content (AvgIpc) is 3.31. The average molecular weight is 487 g/mol. The minimum absolute atomic E-state index is 0.00919. The van der Waals surface area contributed by atoms with Crippen LogP contribution in [-0.2, 0) is 19.5 Å². The van der Waals surface area contributed by atoms with Gasteiger partial charge in [0.05, 0.1) is 6.54 Å². The molecule has 2 aromatic carbocycles. The van der Waals surface area contributed by atoms with Gasteiger partial charge in [-0.15, -0.1) is 0 Å². The van der Waals surface area contributed by atoms with Crippen LogP contribution in [0.3, 0.4) is 0 Å². The van der Waals surface area contributed by atoms with Crippen LogP contribution in [0.4, 0.5) is 11.4 Å². The molecule has 1 fully saturated rings. The number of aromatic nitrogens is 2. The quantitative estimate of drug-likeness (QED) is 0.555.